The zero-order chi connectivity index (χ0) is 34.3. The van der Waals surface area contributed by atoms with E-state index in [0.29, 0.717) is 13.0 Å². The van der Waals surface area contributed by atoms with E-state index in [1.165, 1.54) is 56.9 Å². The molecule has 1 heterocycles. The Bertz CT molecular complexity index is 910. The fourth-order valence-corrected chi connectivity index (χ4v) is 5.96. The van der Waals surface area contributed by atoms with Gasteiger partial charge in [0.1, 0.15) is 30.5 Å². The van der Waals surface area contributed by atoms with Crippen molar-refractivity contribution >= 4 is 6.03 Å². The fraction of sp³-hybridized carbons (Fsp3) is 0.806. The largest absolute Gasteiger partial charge is 0.394 e. The Morgan fingerprint density at radius 1 is 0.809 bits per heavy atom. The van der Waals surface area contributed by atoms with Gasteiger partial charge in [-0.1, -0.05) is 121 Å². The summed E-state index contributed by atoms with van der Waals surface area (Å²) in [5.41, 5.74) is 1.27. The van der Waals surface area contributed by atoms with Gasteiger partial charge in [0.05, 0.1) is 25.4 Å². The maximum Gasteiger partial charge on any atom is 0.315 e. The predicted molar refractivity (Wildman–Crippen MR) is 182 cm³/mol. The molecule has 0 aromatic heterocycles. The van der Waals surface area contributed by atoms with Gasteiger partial charge in [-0.2, -0.15) is 0 Å². The van der Waals surface area contributed by atoms with Crippen molar-refractivity contribution < 1.29 is 44.9 Å². The minimum Gasteiger partial charge on any atom is -0.394 e. The van der Waals surface area contributed by atoms with Crippen molar-refractivity contribution in [2.45, 2.75) is 165 Å². The molecule has 8 N–H and O–H groups in total. The van der Waals surface area contributed by atoms with Crippen LogP contribution in [0.2, 0.25) is 0 Å². The summed E-state index contributed by atoms with van der Waals surface area (Å²) in [6.07, 6.45) is 8.34. The Balaban J connectivity index is 1.78. The first-order valence-electron chi connectivity index (χ1n) is 18.1. The zero-order valence-corrected chi connectivity index (χ0v) is 28.6. The highest BCUT2D eigenvalue weighted by Gasteiger charge is 2.44. The number of unbranched alkanes of at least 4 members (excludes halogenated alkanes) is 13. The van der Waals surface area contributed by atoms with Gasteiger partial charge in [0.15, 0.2) is 6.29 Å². The van der Waals surface area contributed by atoms with Crippen molar-refractivity contribution in [1.82, 2.24) is 10.6 Å². The Kier molecular flexibility index (Phi) is 22.2. The molecule has 0 unspecified atom stereocenters. The molecule has 1 aliphatic heterocycles. The van der Waals surface area contributed by atoms with Crippen molar-refractivity contribution in [2.75, 3.05) is 19.8 Å². The van der Waals surface area contributed by atoms with E-state index in [1.807, 2.05) is 18.2 Å². The van der Waals surface area contributed by atoms with Gasteiger partial charge in [0, 0.05) is 6.54 Å². The third-order valence-corrected chi connectivity index (χ3v) is 9.04. The summed E-state index contributed by atoms with van der Waals surface area (Å²) in [4.78, 5) is 12.8. The van der Waals surface area contributed by atoms with Crippen molar-refractivity contribution in [3.05, 3.63) is 35.9 Å². The number of amides is 2. The van der Waals surface area contributed by atoms with E-state index in [4.69, 9.17) is 9.47 Å². The van der Waals surface area contributed by atoms with Crippen LogP contribution in [-0.4, -0.2) is 105 Å². The topological polar surface area (TPSA) is 181 Å². The first kappa shape index (κ1) is 41.3. The summed E-state index contributed by atoms with van der Waals surface area (Å²) in [5.74, 6) is 0. The van der Waals surface area contributed by atoms with Gasteiger partial charge in [-0.3, -0.25) is 0 Å². The van der Waals surface area contributed by atoms with E-state index >= 15 is 0 Å². The van der Waals surface area contributed by atoms with Crippen LogP contribution >= 0.6 is 0 Å². The molecule has 1 aliphatic rings. The number of aliphatic hydroxyl groups excluding tert-OH is 6. The van der Waals surface area contributed by atoms with Crippen LogP contribution in [0.3, 0.4) is 0 Å². The number of hydrogen-bond acceptors (Lipinski definition) is 9. The highest BCUT2D eigenvalue weighted by Crippen LogP contribution is 2.23. The van der Waals surface area contributed by atoms with Gasteiger partial charge in [-0.25, -0.2) is 4.79 Å². The molecule has 47 heavy (non-hydrogen) atoms. The lowest BCUT2D eigenvalue weighted by atomic mass is 9.98. The third kappa shape index (κ3) is 16.9. The lowest BCUT2D eigenvalue weighted by Gasteiger charge is -2.40. The van der Waals surface area contributed by atoms with E-state index in [-0.39, 0.29) is 6.61 Å². The summed E-state index contributed by atoms with van der Waals surface area (Å²) in [5, 5.41) is 67.3. The first-order valence-corrected chi connectivity index (χ1v) is 18.1. The lowest BCUT2D eigenvalue weighted by Crippen LogP contribution is -2.60. The van der Waals surface area contributed by atoms with Crippen LogP contribution in [0.15, 0.2) is 30.3 Å². The fourth-order valence-electron chi connectivity index (χ4n) is 5.96. The molecular formula is C36H64N2O9. The van der Waals surface area contributed by atoms with Gasteiger partial charge in [0.25, 0.3) is 0 Å². The molecule has 0 spiro atoms. The number of carbonyl (C=O) groups is 1. The number of aryl methyl sites for hydroxylation is 1. The van der Waals surface area contributed by atoms with Gasteiger partial charge in [0.2, 0.25) is 0 Å². The summed E-state index contributed by atoms with van der Waals surface area (Å²) in [6.45, 7) is 1.69. The highest BCUT2D eigenvalue weighted by molar-refractivity contribution is 5.74. The number of aliphatic hydroxyl groups is 6. The quantitative estimate of drug-likeness (QED) is 0.0683. The maximum atomic E-state index is 12.8. The molecule has 1 saturated heterocycles. The Hall–Kier alpha value is -1.83. The molecule has 0 saturated carbocycles. The van der Waals surface area contributed by atoms with Crippen molar-refractivity contribution in [1.29, 1.82) is 0 Å². The minimum atomic E-state index is -1.62. The number of rotatable bonds is 26. The van der Waals surface area contributed by atoms with Crippen molar-refractivity contribution in [2.24, 2.45) is 0 Å². The van der Waals surface area contributed by atoms with E-state index in [0.717, 1.165) is 51.4 Å². The molecule has 11 heteroatoms. The number of hydrogen-bond donors (Lipinski definition) is 8. The second-order valence-electron chi connectivity index (χ2n) is 13.1. The standard InChI is InChI=1S/C36H64N2O9/c1-2-3-4-5-6-7-8-9-10-11-12-18-23-29(40)31(41)28(26-46-35-34(44)33(43)32(42)30(25-39)47-35)38-36(45)37-24-19-14-17-22-27-20-15-13-16-21-27/h13,15-16,20-21,28-35,39-44H,2-12,14,17-19,22-26H2,1H3,(H2,37,38,45)/t28-,29+,30+,31-,32-,33-,34+,35-/m0/s1. The second kappa shape index (κ2) is 25.2. The van der Waals surface area contributed by atoms with E-state index < -0.39 is 61.6 Å². The number of carbonyl (C=O) groups excluding carboxylic acids is 1. The number of urea groups is 1. The molecule has 2 rings (SSSR count). The van der Waals surface area contributed by atoms with E-state index in [2.05, 4.69) is 29.7 Å². The Morgan fingerprint density at radius 3 is 2.02 bits per heavy atom. The van der Waals surface area contributed by atoms with Crippen molar-refractivity contribution in [3.63, 3.8) is 0 Å². The van der Waals surface area contributed by atoms with E-state index in [1.54, 1.807) is 0 Å². The van der Waals surface area contributed by atoms with Crippen LogP contribution in [0.4, 0.5) is 4.79 Å². The molecule has 0 radical (unpaired) electrons. The van der Waals surface area contributed by atoms with Gasteiger partial charge in [-0.15, -0.1) is 0 Å². The Morgan fingerprint density at radius 2 is 1.40 bits per heavy atom. The Labute approximate surface area is 282 Å². The van der Waals surface area contributed by atoms with E-state index in [9.17, 15) is 35.4 Å². The molecule has 0 aliphatic carbocycles. The summed E-state index contributed by atoms with van der Waals surface area (Å²) in [6, 6.07) is 8.61. The van der Waals surface area contributed by atoms with Gasteiger partial charge >= 0.3 is 6.03 Å². The first-order chi connectivity index (χ1) is 22.8. The zero-order valence-electron chi connectivity index (χ0n) is 28.6. The van der Waals surface area contributed by atoms with Gasteiger partial charge in [-0.05, 0) is 31.2 Å². The van der Waals surface area contributed by atoms with Crippen LogP contribution in [0.5, 0.6) is 0 Å². The monoisotopic (exact) mass is 668 g/mol. The summed E-state index contributed by atoms with van der Waals surface area (Å²) in [7, 11) is 0. The highest BCUT2D eigenvalue weighted by atomic mass is 16.7. The molecule has 8 atom stereocenters. The lowest BCUT2D eigenvalue weighted by molar-refractivity contribution is -0.303. The van der Waals surface area contributed by atoms with Crippen LogP contribution in [-0.2, 0) is 15.9 Å². The molecule has 1 aromatic carbocycles. The second-order valence-corrected chi connectivity index (χ2v) is 13.1. The average molecular weight is 669 g/mol. The predicted octanol–water partition coefficient (Wildman–Crippen LogP) is 3.70. The normalized spacial score (nSPS) is 23.3. The van der Waals surface area contributed by atoms with Crippen molar-refractivity contribution in [3.8, 4) is 0 Å². The molecule has 2 amide bonds. The summed E-state index contributed by atoms with van der Waals surface area (Å²) < 4.78 is 11.0. The molecule has 0 bridgehead atoms. The van der Waals surface area contributed by atoms with Gasteiger partial charge < -0.3 is 50.7 Å². The molecule has 11 nitrogen and oxygen atoms in total. The maximum absolute atomic E-state index is 12.8. The minimum absolute atomic E-state index is 0.347. The SMILES string of the molecule is CCCCCCCCCCCCCC[C@@H](O)[C@@H](O)[C@H](CO[C@H]1O[C@H](CO)[C@H](O)[C@H](O)[C@H]1O)NC(=O)NCCCCCc1ccccc1. The van der Waals surface area contributed by atoms with Crippen LogP contribution < -0.4 is 10.6 Å². The molecular weight excluding hydrogens is 604 g/mol. The third-order valence-electron chi connectivity index (χ3n) is 9.04. The number of nitrogens with one attached hydrogen (secondary N) is 2. The average Bonchev–Trinajstić information content (AvgIpc) is 3.08. The number of benzene rings is 1. The molecule has 272 valence electrons. The van der Waals surface area contributed by atoms with Crippen LogP contribution in [0.25, 0.3) is 0 Å². The number of ether oxygens (including phenoxy) is 2. The van der Waals surface area contributed by atoms with Crippen LogP contribution in [0, 0.1) is 0 Å². The molecule has 1 fully saturated rings. The summed E-state index contributed by atoms with van der Waals surface area (Å²) >= 11 is 0. The van der Waals surface area contributed by atoms with Crippen LogP contribution in [0.1, 0.15) is 115 Å². The smallest absolute Gasteiger partial charge is 0.315 e. The molecule has 1 aromatic rings.